The number of esters is 1. The maximum absolute atomic E-state index is 12.8. The highest BCUT2D eigenvalue weighted by Crippen LogP contribution is 2.43. The highest BCUT2D eigenvalue weighted by molar-refractivity contribution is 7.85. The van der Waals surface area contributed by atoms with Crippen LogP contribution in [0.25, 0.3) is 0 Å². The first-order valence-corrected chi connectivity index (χ1v) is 15.1. The van der Waals surface area contributed by atoms with Gasteiger partial charge in [-0.2, -0.15) is 0 Å². The maximum Gasteiger partial charge on any atom is 0.384 e. The van der Waals surface area contributed by atoms with Gasteiger partial charge in [0.15, 0.2) is 8.32 Å². The van der Waals surface area contributed by atoms with Crippen molar-refractivity contribution in [3.05, 3.63) is 42.0 Å². The molecule has 0 amide bonds. The molecule has 4 nitrogen and oxygen atoms in total. The van der Waals surface area contributed by atoms with E-state index in [1.165, 1.54) is 0 Å². The summed E-state index contributed by atoms with van der Waals surface area (Å²) in [6, 6.07) is 9.51. The van der Waals surface area contributed by atoms with E-state index >= 15 is 0 Å². The molecule has 31 heavy (non-hydrogen) atoms. The fourth-order valence-electron chi connectivity index (χ4n) is 3.39. The Morgan fingerprint density at radius 2 is 1.94 bits per heavy atom. The normalized spacial score (nSPS) is 22.9. The summed E-state index contributed by atoms with van der Waals surface area (Å²) in [5, 5.41) is 0.127. The van der Waals surface area contributed by atoms with E-state index in [0.717, 1.165) is 16.9 Å². The molecule has 0 spiro atoms. The van der Waals surface area contributed by atoms with Gasteiger partial charge in [-0.15, -0.1) is 6.42 Å². The molecule has 0 radical (unpaired) electrons. The lowest BCUT2D eigenvalue weighted by atomic mass is 9.73. The lowest BCUT2D eigenvalue weighted by Crippen LogP contribution is -2.45. The summed E-state index contributed by atoms with van der Waals surface area (Å²) < 4.78 is 24.8. The van der Waals surface area contributed by atoms with E-state index in [0.29, 0.717) is 25.2 Å². The summed E-state index contributed by atoms with van der Waals surface area (Å²) in [5.74, 6) is 1.89. The van der Waals surface area contributed by atoms with Crippen LogP contribution >= 0.6 is 0 Å². The minimum Gasteiger partial charge on any atom is -0.449 e. The molecule has 0 saturated heterocycles. The van der Waals surface area contributed by atoms with Crippen molar-refractivity contribution in [1.82, 2.24) is 0 Å². The van der Waals surface area contributed by atoms with Crippen LogP contribution in [0.5, 0.6) is 0 Å². The third-order valence-electron chi connectivity index (χ3n) is 6.64. The fraction of sp³-hybridized carbons (Fsp3) is 0.560. The van der Waals surface area contributed by atoms with Gasteiger partial charge in [-0.3, -0.25) is 4.21 Å². The van der Waals surface area contributed by atoms with Crippen molar-refractivity contribution in [1.29, 1.82) is 0 Å². The first-order chi connectivity index (χ1) is 14.4. The molecule has 0 aromatic heterocycles. The Balaban J connectivity index is 2.20. The van der Waals surface area contributed by atoms with E-state index in [1.54, 1.807) is 0 Å². The summed E-state index contributed by atoms with van der Waals surface area (Å²) in [7, 11) is -3.00. The standard InChI is InChI=1S/C25H36O4SSi/c1-8-23(26)29-21-14-16-25(5,19-28-31(6,7)24(2,3)4)20(18-21)15-17-30(27)22-12-10-9-11-13-22/h1,9-13,18,21H,14-17,19H2,2-7H3/t21-,25+,30?/m1/s1. The summed E-state index contributed by atoms with van der Waals surface area (Å²) in [5.41, 5.74) is 0.951. The second kappa shape index (κ2) is 10.3. The van der Waals surface area contributed by atoms with Crippen molar-refractivity contribution >= 4 is 25.1 Å². The number of hydrogen-bond acceptors (Lipinski definition) is 4. The molecule has 0 heterocycles. The smallest absolute Gasteiger partial charge is 0.384 e. The van der Waals surface area contributed by atoms with Gasteiger partial charge in [0.25, 0.3) is 0 Å². The molecular weight excluding hydrogens is 424 g/mol. The van der Waals surface area contributed by atoms with Gasteiger partial charge in [-0.1, -0.05) is 51.5 Å². The van der Waals surface area contributed by atoms with Gasteiger partial charge in [-0.25, -0.2) is 4.79 Å². The second-order valence-electron chi connectivity index (χ2n) is 10.0. The number of ether oxygens (including phenoxy) is 1. The van der Waals surface area contributed by atoms with Crippen LogP contribution in [0.4, 0.5) is 0 Å². The quantitative estimate of drug-likeness (QED) is 0.169. The van der Waals surface area contributed by atoms with Crippen LogP contribution < -0.4 is 0 Å². The molecule has 1 aromatic carbocycles. The van der Waals surface area contributed by atoms with Crippen molar-refractivity contribution in [2.24, 2.45) is 5.41 Å². The average Bonchev–Trinajstić information content (AvgIpc) is 2.72. The molecule has 3 atom stereocenters. The van der Waals surface area contributed by atoms with Crippen LogP contribution in [-0.2, 0) is 24.8 Å². The second-order valence-corrected chi connectivity index (χ2v) is 16.4. The van der Waals surface area contributed by atoms with Crippen LogP contribution in [0, 0.1) is 17.8 Å². The summed E-state index contributed by atoms with van der Waals surface area (Å²) in [4.78, 5) is 12.4. The summed E-state index contributed by atoms with van der Waals surface area (Å²) in [6.45, 7) is 14.0. The van der Waals surface area contributed by atoms with Gasteiger partial charge in [0.05, 0.1) is 10.8 Å². The molecule has 2 rings (SSSR count). The number of carbonyl (C=O) groups excluding carboxylic acids is 1. The molecule has 0 saturated carbocycles. The molecule has 1 aliphatic carbocycles. The average molecular weight is 461 g/mol. The predicted octanol–water partition coefficient (Wildman–Crippen LogP) is 5.48. The van der Waals surface area contributed by atoms with Gasteiger partial charge in [0.2, 0.25) is 0 Å². The molecule has 1 aromatic rings. The van der Waals surface area contributed by atoms with Gasteiger partial charge in [0.1, 0.15) is 6.10 Å². The third kappa shape index (κ3) is 6.90. The highest BCUT2D eigenvalue weighted by Gasteiger charge is 2.41. The zero-order valence-corrected chi connectivity index (χ0v) is 21.5. The predicted molar refractivity (Wildman–Crippen MR) is 130 cm³/mol. The zero-order valence-electron chi connectivity index (χ0n) is 19.7. The van der Waals surface area contributed by atoms with Crippen molar-refractivity contribution in [3.63, 3.8) is 0 Å². The number of rotatable bonds is 8. The Kier molecular flexibility index (Phi) is 8.49. The van der Waals surface area contributed by atoms with Crippen LogP contribution in [0.2, 0.25) is 18.1 Å². The molecule has 170 valence electrons. The molecule has 0 N–H and O–H groups in total. The van der Waals surface area contributed by atoms with E-state index in [-0.39, 0.29) is 16.6 Å². The number of carbonyl (C=O) groups is 1. The van der Waals surface area contributed by atoms with Crippen LogP contribution in [0.1, 0.15) is 47.0 Å². The number of hydrogen-bond donors (Lipinski definition) is 0. The highest BCUT2D eigenvalue weighted by atomic mass is 32.2. The lowest BCUT2D eigenvalue weighted by Gasteiger charge is -2.43. The molecule has 0 fully saturated rings. The van der Waals surface area contributed by atoms with E-state index in [4.69, 9.17) is 15.6 Å². The van der Waals surface area contributed by atoms with Gasteiger partial charge < -0.3 is 9.16 Å². The Morgan fingerprint density at radius 3 is 2.52 bits per heavy atom. The third-order valence-corrected chi connectivity index (χ3v) is 12.5. The number of benzene rings is 1. The topological polar surface area (TPSA) is 52.6 Å². The van der Waals surface area contributed by atoms with E-state index in [1.807, 2.05) is 42.3 Å². The van der Waals surface area contributed by atoms with Crippen molar-refractivity contribution < 1.29 is 18.2 Å². The molecule has 6 heteroatoms. The van der Waals surface area contributed by atoms with Crippen LogP contribution in [-0.4, -0.2) is 37.0 Å². The van der Waals surface area contributed by atoms with Crippen LogP contribution in [0.3, 0.4) is 0 Å². The fourth-order valence-corrected chi connectivity index (χ4v) is 5.61. The van der Waals surface area contributed by atoms with E-state index < -0.39 is 25.1 Å². The minimum atomic E-state index is -1.91. The van der Waals surface area contributed by atoms with E-state index in [9.17, 15) is 9.00 Å². The van der Waals surface area contributed by atoms with Gasteiger partial charge in [-0.05, 0) is 55.6 Å². The Labute approximate surface area is 191 Å². The lowest BCUT2D eigenvalue weighted by molar-refractivity contribution is -0.140. The number of terminal acetylenes is 1. The maximum atomic E-state index is 12.8. The molecule has 0 bridgehead atoms. The largest absolute Gasteiger partial charge is 0.449 e. The monoisotopic (exact) mass is 460 g/mol. The molecule has 1 aliphatic rings. The minimum absolute atomic E-state index is 0.127. The molecule has 1 unspecified atom stereocenters. The molecular formula is C25H36O4SSi. The van der Waals surface area contributed by atoms with Crippen molar-refractivity contribution in [2.75, 3.05) is 12.4 Å². The summed E-state index contributed by atoms with van der Waals surface area (Å²) in [6.07, 6.45) is 9.03. The summed E-state index contributed by atoms with van der Waals surface area (Å²) >= 11 is 0. The van der Waals surface area contributed by atoms with Crippen LogP contribution in [0.15, 0.2) is 46.9 Å². The van der Waals surface area contributed by atoms with E-state index in [2.05, 4.69) is 40.8 Å². The Bertz CT molecular complexity index is 864. The molecule has 0 aliphatic heterocycles. The first kappa shape index (κ1) is 25.6. The van der Waals surface area contributed by atoms with Gasteiger partial charge >= 0.3 is 5.97 Å². The van der Waals surface area contributed by atoms with Gasteiger partial charge in [0, 0.05) is 28.6 Å². The first-order valence-electron chi connectivity index (χ1n) is 10.8. The Morgan fingerprint density at radius 1 is 1.29 bits per heavy atom. The van der Waals surface area contributed by atoms with Crippen molar-refractivity contribution in [3.8, 4) is 12.3 Å². The Hall–Kier alpha value is -1.68. The van der Waals surface area contributed by atoms with Crippen molar-refractivity contribution in [2.45, 2.75) is 76.1 Å². The SMILES string of the molecule is C#CC(=O)O[C@H]1C=C(CCS(=O)c2ccccc2)[C@](C)(CO[Si](C)(C)C(C)(C)C)CC1. The zero-order chi connectivity index (χ0) is 23.3.